The average Bonchev–Trinajstić information content (AvgIpc) is 2.63. The van der Waals surface area contributed by atoms with E-state index in [4.69, 9.17) is 21.1 Å². The second-order valence-electron chi connectivity index (χ2n) is 5.53. The number of carbonyl (C=O) groups is 2. The first kappa shape index (κ1) is 20.2. The maximum atomic E-state index is 12.3. The highest BCUT2D eigenvalue weighted by atomic mass is 35.5. The maximum Gasteiger partial charge on any atom is 0.311 e. The molecule has 1 N–H and O–H groups in total. The first-order chi connectivity index (χ1) is 12.8. The van der Waals surface area contributed by atoms with Gasteiger partial charge in [-0.2, -0.15) is 0 Å². The van der Waals surface area contributed by atoms with Crippen molar-refractivity contribution in [2.45, 2.75) is 19.4 Å². The number of nitro groups is 1. The number of ether oxygens (including phenoxy) is 2. The van der Waals surface area contributed by atoms with Crippen LogP contribution in [0.4, 0.5) is 11.4 Å². The first-order valence-corrected chi connectivity index (χ1v) is 8.25. The molecule has 0 saturated heterocycles. The number of esters is 1. The molecular formula is C18H17ClN2O6. The number of carbonyl (C=O) groups excluding carboxylic acids is 2. The average molecular weight is 393 g/mol. The number of nitrogens with zero attached hydrogens (tertiary/aromatic N) is 1. The van der Waals surface area contributed by atoms with Gasteiger partial charge in [-0.25, -0.2) is 0 Å². The van der Waals surface area contributed by atoms with Crippen LogP contribution in [0.2, 0.25) is 5.02 Å². The molecule has 27 heavy (non-hydrogen) atoms. The number of hydrogen-bond acceptors (Lipinski definition) is 6. The van der Waals surface area contributed by atoms with Crippen LogP contribution >= 0.6 is 11.6 Å². The second kappa shape index (κ2) is 9.00. The van der Waals surface area contributed by atoms with E-state index >= 15 is 0 Å². The van der Waals surface area contributed by atoms with Crippen LogP contribution in [0.1, 0.15) is 12.5 Å². The van der Waals surface area contributed by atoms with Gasteiger partial charge < -0.3 is 14.8 Å². The van der Waals surface area contributed by atoms with Gasteiger partial charge in [0.15, 0.2) is 6.10 Å². The highest BCUT2D eigenvalue weighted by molar-refractivity contribution is 6.31. The minimum atomic E-state index is -1.08. The minimum Gasteiger partial charge on any atom is -0.494 e. The van der Waals surface area contributed by atoms with Gasteiger partial charge in [0.2, 0.25) is 0 Å². The van der Waals surface area contributed by atoms with Crippen molar-refractivity contribution in [1.29, 1.82) is 0 Å². The lowest BCUT2D eigenvalue weighted by atomic mass is 10.1. The lowest BCUT2D eigenvalue weighted by molar-refractivity contribution is -0.384. The third-order valence-electron chi connectivity index (χ3n) is 3.62. The zero-order chi connectivity index (χ0) is 20.0. The Morgan fingerprint density at radius 1 is 1.26 bits per heavy atom. The van der Waals surface area contributed by atoms with Gasteiger partial charge in [-0.15, -0.1) is 0 Å². The molecule has 0 aliphatic carbocycles. The lowest BCUT2D eigenvalue weighted by Crippen LogP contribution is -2.30. The molecule has 0 unspecified atom stereocenters. The summed E-state index contributed by atoms with van der Waals surface area (Å²) in [5, 5.41) is 13.8. The van der Waals surface area contributed by atoms with Gasteiger partial charge in [-0.05, 0) is 24.6 Å². The van der Waals surface area contributed by atoms with Crippen LogP contribution in [0.5, 0.6) is 5.75 Å². The molecule has 0 radical (unpaired) electrons. The Morgan fingerprint density at radius 3 is 2.59 bits per heavy atom. The smallest absolute Gasteiger partial charge is 0.311 e. The summed E-state index contributed by atoms with van der Waals surface area (Å²) in [6.07, 6.45) is -1.15. The summed E-state index contributed by atoms with van der Waals surface area (Å²) in [5.41, 5.74) is 0.639. The summed E-state index contributed by atoms with van der Waals surface area (Å²) in [6, 6.07) is 10.6. The van der Waals surface area contributed by atoms with E-state index in [2.05, 4.69) is 5.32 Å². The highest BCUT2D eigenvalue weighted by Gasteiger charge is 2.21. The number of hydrogen-bond donors (Lipinski definition) is 1. The van der Waals surface area contributed by atoms with Crippen molar-refractivity contribution in [2.75, 3.05) is 12.4 Å². The van der Waals surface area contributed by atoms with E-state index in [0.29, 0.717) is 10.6 Å². The van der Waals surface area contributed by atoms with Crippen molar-refractivity contribution in [3.05, 3.63) is 63.2 Å². The number of amides is 1. The first-order valence-electron chi connectivity index (χ1n) is 7.88. The van der Waals surface area contributed by atoms with Crippen LogP contribution in [0.25, 0.3) is 0 Å². The van der Waals surface area contributed by atoms with Crippen molar-refractivity contribution >= 4 is 34.9 Å². The SMILES string of the molecule is COc1cc([N+](=O)[O-])ccc1NC(=O)[C@H](C)OC(=O)Cc1ccccc1Cl. The number of non-ortho nitro benzene ring substituents is 1. The van der Waals surface area contributed by atoms with Crippen molar-refractivity contribution in [3.63, 3.8) is 0 Å². The molecule has 1 amide bonds. The lowest BCUT2D eigenvalue weighted by Gasteiger charge is -2.15. The molecule has 0 bridgehead atoms. The number of anilines is 1. The molecule has 0 aliphatic heterocycles. The molecule has 2 aromatic rings. The number of halogens is 1. The van der Waals surface area contributed by atoms with E-state index in [1.54, 1.807) is 24.3 Å². The van der Waals surface area contributed by atoms with Crippen LogP contribution in [0.3, 0.4) is 0 Å². The standard InChI is InChI=1S/C18H17ClN2O6/c1-11(27-17(22)9-12-5-3-4-6-14(12)19)18(23)20-15-8-7-13(21(24)25)10-16(15)26-2/h3-8,10-11H,9H2,1-2H3,(H,20,23)/t11-/m0/s1. The number of methoxy groups -OCH3 is 1. The Bertz CT molecular complexity index is 871. The van der Waals surface area contributed by atoms with Crippen LogP contribution in [-0.2, 0) is 20.7 Å². The molecule has 0 saturated carbocycles. The van der Waals surface area contributed by atoms with Gasteiger partial charge >= 0.3 is 5.97 Å². The Labute approximate surface area is 160 Å². The Kier molecular flexibility index (Phi) is 6.73. The fraction of sp³-hybridized carbons (Fsp3) is 0.222. The summed E-state index contributed by atoms with van der Waals surface area (Å²) in [4.78, 5) is 34.5. The molecule has 0 aliphatic rings. The predicted octanol–water partition coefficient (Wildman–Crippen LogP) is 3.37. The van der Waals surface area contributed by atoms with Gasteiger partial charge in [-0.1, -0.05) is 29.8 Å². The molecule has 142 valence electrons. The molecule has 9 heteroatoms. The third kappa shape index (κ3) is 5.42. The monoisotopic (exact) mass is 392 g/mol. The Hall–Kier alpha value is -3.13. The molecular weight excluding hydrogens is 376 g/mol. The molecule has 2 aromatic carbocycles. The fourth-order valence-electron chi connectivity index (χ4n) is 2.22. The molecule has 0 aromatic heterocycles. The summed E-state index contributed by atoms with van der Waals surface area (Å²) in [5.74, 6) is -1.09. The van der Waals surface area contributed by atoms with Crippen LogP contribution in [-0.4, -0.2) is 30.0 Å². The normalized spacial score (nSPS) is 11.4. The van der Waals surface area contributed by atoms with E-state index in [-0.39, 0.29) is 23.5 Å². The van der Waals surface area contributed by atoms with Crippen molar-refractivity contribution in [3.8, 4) is 5.75 Å². The largest absolute Gasteiger partial charge is 0.494 e. The zero-order valence-corrected chi connectivity index (χ0v) is 15.4. The van der Waals surface area contributed by atoms with Crippen molar-refractivity contribution in [1.82, 2.24) is 0 Å². The number of nitro benzene ring substituents is 1. The van der Waals surface area contributed by atoms with Crippen LogP contribution < -0.4 is 10.1 Å². The molecule has 8 nitrogen and oxygen atoms in total. The van der Waals surface area contributed by atoms with E-state index in [1.165, 1.54) is 32.2 Å². The third-order valence-corrected chi connectivity index (χ3v) is 3.99. The zero-order valence-electron chi connectivity index (χ0n) is 14.6. The summed E-state index contributed by atoms with van der Waals surface area (Å²) >= 11 is 5.99. The van der Waals surface area contributed by atoms with E-state index in [9.17, 15) is 19.7 Å². The minimum absolute atomic E-state index is 0.0713. The topological polar surface area (TPSA) is 108 Å². The van der Waals surface area contributed by atoms with Gasteiger partial charge in [-0.3, -0.25) is 19.7 Å². The van der Waals surface area contributed by atoms with Gasteiger partial charge in [0.1, 0.15) is 5.75 Å². The van der Waals surface area contributed by atoms with Gasteiger partial charge in [0.05, 0.1) is 30.2 Å². The fourth-order valence-corrected chi connectivity index (χ4v) is 2.42. The molecule has 2 rings (SSSR count). The van der Waals surface area contributed by atoms with Crippen molar-refractivity contribution in [2.24, 2.45) is 0 Å². The Balaban J connectivity index is 2.00. The number of rotatable bonds is 7. The molecule has 0 fully saturated rings. The van der Waals surface area contributed by atoms with E-state index in [0.717, 1.165) is 0 Å². The quantitative estimate of drug-likeness (QED) is 0.439. The highest BCUT2D eigenvalue weighted by Crippen LogP contribution is 2.29. The Morgan fingerprint density at radius 2 is 1.96 bits per heavy atom. The maximum absolute atomic E-state index is 12.3. The second-order valence-corrected chi connectivity index (χ2v) is 5.94. The molecule has 0 heterocycles. The summed E-state index contributed by atoms with van der Waals surface area (Å²) < 4.78 is 10.2. The summed E-state index contributed by atoms with van der Waals surface area (Å²) in [6.45, 7) is 1.41. The summed E-state index contributed by atoms with van der Waals surface area (Å²) in [7, 11) is 1.32. The number of nitrogens with one attached hydrogen (secondary N) is 1. The molecule has 0 spiro atoms. The van der Waals surface area contributed by atoms with E-state index in [1.807, 2.05) is 0 Å². The van der Waals surface area contributed by atoms with Gasteiger partial charge in [0.25, 0.3) is 11.6 Å². The predicted molar refractivity (Wildman–Crippen MR) is 99.0 cm³/mol. The van der Waals surface area contributed by atoms with Crippen molar-refractivity contribution < 1.29 is 24.0 Å². The van der Waals surface area contributed by atoms with Gasteiger partial charge in [0, 0.05) is 11.1 Å². The van der Waals surface area contributed by atoms with Crippen LogP contribution in [0, 0.1) is 10.1 Å². The number of benzene rings is 2. The van der Waals surface area contributed by atoms with E-state index < -0.39 is 22.9 Å². The van der Waals surface area contributed by atoms with Crippen LogP contribution in [0.15, 0.2) is 42.5 Å². The molecule has 1 atom stereocenters.